The summed E-state index contributed by atoms with van der Waals surface area (Å²) in [5.41, 5.74) is 20.6. The number of phenolic OH excluding ortho intramolecular Hbond substituents is 1. The van der Waals surface area contributed by atoms with E-state index < -0.39 is 6.17 Å². The van der Waals surface area contributed by atoms with E-state index in [2.05, 4.69) is 6.58 Å². The molecule has 4 heteroatoms. The molecule has 7 N–H and O–H groups in total. The standard InChI is InChI=1S/C17H19N3O/c1-11(18)13-5-2-12(3-6-13)4-7-14-8-9-15(17(19)20)10-16(14)21/h2-10,17,21H,1,18-20H2/b7-4+. The summed E-state index contributed by atoms with van der Waals surface area (Å²) in [6, 6.07) is 12.8. The molecular formula is C17H19N3O. The Morgan fingerprint density at radius 1 is 1.05 bits per heavy atom. The van der Waals surface area contributed by atoms with Crippen molar-refractivity contribution in [3.8, 4) is 5.75 Å². The Hall–Kier alpha value is -2.56. The predicted octanol–water partition coefficient (Wildman–Crippen LogP) is 2.41. The maximum absolute atomic E-state index is 9.94. The van der Waals surface area contributed by atoms with E-state index in [1.54, 1.807) is 18.2 Å². The topological polar surface area (TPSA) is 98.3 Å². The summed E-state index contributed by atoms with van der Waals surface area (Å²) in [7, 11) is 0. The molecule has 108 valence electrons. The van der Waals surface area contributed by atoms with E-state index >= 15 is 0 Å². The van der Waals surface area contributed by atoms with Crippen LogP contribution in [0.15, 0.2) is 49.0 Å². The first-order valence-electron chi connectivity index (χ1n) is 6.54. The lowest BCUT2D eigenvalue weighted by molar-refractivity contribution is 0.472. The molecule has 0 aliphatic carbocycles. The average molecular weight is 281 g/mol. The highest BCUT2D eigenvalue weighted by atomic mass is 16.3. The second-order valence-corrected chi connectivity index (χ2v) is 4.82. The van der Waals surface area contributed by atoms with Crippen LogP contribution in [0, 0.1) is 0 Å². The van der Waals surface area contributed by atoms with Gasteiger partial charge >= 0.3 is 0 Å². The van der Waals surface area contributed by atoms with E-state index in [1.165, 1.54) is 0 Å². The molecule has 0 radical (unpaired) electrons. The molecule has 0 spiro atoms. The van der Waals surface area contributed by atoms with Gasteiger partial charge in [0.1, 0.15) is 5.75 Å². The van der Waals surface area contributed by atoms with Gasteiger partial charge in [0.15, 0.2) is 0 Å². The van der Waals surface area contributed by atoms with E-state index in [0.29, 0.717) is 16.8 Å². The van der Waals surface area contributed by atoms with Gasteiger partial charge in [-0.1, -0.05) is 55.1 Å². The summed E-state index contributed by atoms with van der Waals surface area (Å²) in [4.78, 5) is 0. The van der Waals surface area contributed by atoms with Crippen molar-refractivity contribution >= 4 is 17.8 Å². The first-order chi connectivity index (χ1) is 9.97. The number of benzene rings is 2. The van der Waals surface area contributed by atoms with E-state index in [0.717, 1.165) is 11.1 Å². The van der Waals surface area contributed by atoms with Crippen molar-refractivity contribution in [2.75, 3.05) is 0 Å². The Balaban J connectivity index is 2.19. The minimum absolute atomic E-state index is 0.150. The molecule has 4 nitrogen and oxygen atoms in total. The summed E-state index contributed by atoms with van der Waals surface area (Å²) >= 11 is 0. The Morgan fingerprint density at radius 3 is 2.24 bits per heavy atom. The number of hydrogen-bond acceptors (Lipinski definition) is 4. The van der Waals surface area contributed by atoms with Crippen molar-refractivity contribution in [2.45, 2.75) is 6.17 Å². The number of rotatable bonds is 4. The fourth-order valence-corrected chi connectivity index (χ4v) is 1.90. The van der Waals surface area contributed by atoms with Gasteiger partial charge in [0.05, 0.1) is 6.17 Å². The molecule has 0 saturated carbocycles. The van der Waals surface area contributed by atoms with Crippen LogP contribution in [-0.4, -0.2) is 5.11 Å². The normalized spacial score (nSPS) is 11.2. The molecule has 21 heavy (non-hydrogen) atoms. The second-order valence-electron chi connectivity index (χ2n) is 4.82. The van der Waals surface area contributed by atoms with Crippen molar-refractivity contribution < 1.29 is 5.11 Å². The molecule has 0 unspecified atom stereocenters. The summed E-state index contributed by atoms with van der Waals surface area (Å²) in [5, 5.41) is 9.94. The highest BCUT2D eigenvalue weighted by molar-refractivity contribution is 5.73. The zero-order chi connectivity index (χ0) is 15.4. The molecule has 0 saturated heterocycles. The quantitative estimate of drug-likeness (QED) is 0.511. The maximum Gasteiger partial charge on any atom is 0.123 e. The van der Waals surface area contributed by atoms with E-state index in [4.69, 9.17) is 17.2 Å². The van der Waals surface area contributed by atoms with Gasteiger partial charge in [-0.25, -0.2) is 0 Å². The van der Waals surface area contributed by atoms with Gasteiger partial charge in [0.25, 0.3) is 0 Å². The number of aromatic hydroxyl groups is 1. The Morgan fingerprint density at radius 2 is 1.71 bits per heavy atom. The molecule has 0 heterocycles. The van der Waals surface area contributed by atoms with Crippen molar-refractivity contribution in [3.63, 3.8) is 0 Å². The van der Waals surface area contributed by atoms with Gasteiger partial charge < -0.3 is 22.3 Å². The zero-order valence-corrected chi connectivity index (χ0v) is 11.7. The fraction of sp³-hybridized carbons (Fsp3) is 0.0588. The van der Waals surface area contributed by atoms with E-state index in [9.17, 15) is 5.11 Å². The van der Waals surface area contributed by atoms with Crippen LogP contribution in [0.5, 0.6) is 5.75 Å². The third-order valence-corrected chi connectivity index (χ3v) is 3.18. The summed E-state index contributed by atoms with van der Waals surface area (Å²) < 4.78 is 0. The predicted molar refractivity (Wildman–Crippen MR) is 87.8 cm³/mol. The third-order valence-electron chi connectivity index (χ3n) is 3.18. The van der Waals surface area contributed by atoms with Crippen molar-refractivity contribution in [2.24, 2.45) is 17.2 Å². The van der Waals surface area contributed by atoms with Gasteiger partial charge in [0, 0.05) is 11.3 Å². The molecule has 2 rings (SSSR count). The molecule has 0 atom stereocenters. The minimum Gasteiger partial charge on any atom is -0.507 e. The molecule has 0 bridgehead atoms. The summed E-state index contributed by atoms with van der Waals surface area (Å²) in [6.45, 7) is 3.69. The lowest BCUT2D eigenvalue weighted by Crippen LogP contribution is -2.19. The van der Waals surface area contributed by atoms with E-state index in [-0.39, 0.29) is 5.75 Å². The van der Waals surface area contributed by atoms with Crippen molar-refractivity contribution in [1.82, 2.24) is 0 Å². The Kier molecular flexibility index (Phi) is 4.42. The molecule has 0 aromatic heterocycles. The van der Waals surface area contributed by atoms with Crippen LogP contribution in [-0.2, 0) is 0 Å². The van der Waals surface area contributed by atoms with Crippen LogP contribution in [0.1, 0.15) is 28.4 Å². The first kappa shape index (κ1) is 14.8. The number of nitrogens with two attached hydrogens (primary N) is 3. The van der Waals surface area contributed by atoms with Crippen LogP contribution in [0.3, 0.4) is 0 Å². The molecule has 2 aromatic rings. The van der Waals surface area contributed by atoms with Gasteiger partial charge in [-0.2, -0.15) is 0 Å². The average Bonchev–Trinajstić information content (AvgIpc) is 2.46. The highest BCUT2D eigenvalue weighted by Gasteiger charge is 2.03. The third kappa shape index (κ3) is 3.72. The fourth-order valence-electron chi connectivity index (χ4n) is 1.90. The van der Waals surface area contributed by atoms with Gasteiger partial charge in [-0.15, -0.1) is 0 Å². The van der Waals surface area contributed by atoms with Crippen LogP contribution < -0.4 is 17.2 Å². The summed E-state index contributed by atoms with van der Waals surface area (Å²) in [6.07, 6.45) is 3.14. The minimum atomic E-state index is -0.592. The molecule has 0 fully saturated rings. The maximum atomic E-state index is 9.94. The Labute approximate surface area is 124 Å². The lowest BCUT2D eigenvalue weighted by Gasteiger charge is -2.07. The molecule has 0 aliphatic heterocycles. The molecular weight excluding hydrogens is 262 g/mol. The smallest absolute Gasteiger partial charge is 0.123 e. The molecule has 0 amide bonds. The van der Waals surface area contributed by atoms with Crippen LogP contribution in [0.2, 0.25) is 0 Å². The van der Waals surface area contributed by atoms with Gasteiger partial charge in [-0.3, -0.25) is 0 Å². The molecule has 0 aliphatic rings. The van der Waals surface area contributed by atoms with Crippen LogP contribution >= 0.6 is 0 Å². The highest BCUT2D eigenvalue weighted by Crippen LogP contribution is 2.23. The zero-order valence-electron chi connectivity index (χ0n) is 11.7. The number of phenols is 1. The number of hydrogen-bond donors (Lipinski definition) is 4. The van der Waals surface area contributed by atoms with E-state index in [1.807, 2.05) is 36.4 Å². The molecule has 2 aromatic carbocycles. The Bertz CT molecular complexity index is 673. The summed E-state index contributed by atoms with van der Waals surface area (Å²) in [5.74, 6) is 0.150. The van der Waals surface area contributed by atoms with Crippen LogP contribution in [0.4, 0.5) is 0 Å². The lowest BCUT2D eigenvalue weighted by atomic mass is 10.1. The van der Waals surface area contributed by atoms with Crippen LogP contribution in [0.25, 0.3) is 17.8 Å². The van der Waals surface area contributed by atoms with Gasteiger partial charge in [0.2, 0.25) is 0 Å². The first-order valence-corrected chi connectivity index (χ1v) is 6.54. The monoisotopic (exact) mass is 281 g/mol. The second kappa shape index (κ2) is 6.26. The van der Waals surface area contributed by atoms with Crippen molar-refractivity contribution in [1.29, 1.82) is 0 Å². The largest absolute Gasteiger partial charge is 0.507 e. The SMILES string of the molecule is C=C(N)c1ccc(/C=C/c2ccc(C(N)N)cc2O)cc1. The van der Waals surface area contributed by atoms with Crippen molar-refractivity contribution in [3.05, 3.63) is 71.3 Å². The van der Waals surface area contributed by atoms with Gasteiger partial charge in [-0.05, 0) is 22.8 Å².